The van der Waals surface area contributed by atoms with Crippen molar-refractivity contribution in [2.45, 2.75) is 12.5 Å². The molecule has 1 heterocycles. The van der Waals surface area contributed by atoms with Crippen molar-refractivity contribution in [1.82, 2.24) is 15.3 Å². The van der Waals surface area contributed by atoms with Gasteiger partial charge in [-0.3, -0.25) is 4.79 Å². The Labute approximate surface area is 131 Å². The fourth-order valence-electron chi connectivity index (χ4n) is 1.78. The van der Waals surface area contributed by atoms with Crippen LogP contribution < -0.4 is 10.6 Å². The van der Waals surface area contributed by atoms with Gasteiger partial charge in [0.1, 0.15) is 5.82 Å². The number of anilines is 1. The number of halogens is 1. The highest BCUT2D eigenvalue weighted by Crippen LogP contribution is 2.17. The molecule has 1 aromatic heterocycles. The van der Waals surface area contributed by atoms with Crippen molar-refractivity contribution in [3.05, 3.63) is 54.1 Å². The molecule has 0 aliphatic heterocycles. The van der Waals surface area contributed by atoms with Gasteiger partial charge in [0.25, 0.3) is 0 Å². The molecular weight excluding hydrogens is 307 g/mol. The number of thiocarbonyl (C=S) groups is 1. The number of benzene rings is 1. The molecule has 2 aromatic rings. The fraction of sp³-hybridized carbons (Fsp3) is 0.143. The Morgan fingerprint density at radius 3 is 2.50 bits per heavy atom. The molecule has 22 heavy (non-hydrogen) atoms. The number of nitrogens with one attached hydrogen (secondary N) is 2. The van der Waals surface area contributed by atoms with E-state index in [9.17, 15) is 9.18 Å². The van der Waals surface area contributed by atoms with E-state index in [1.807, 2.05) is 0 Å². The predicted octanol–water partition coefficient (Wildman–Crippen LogP) is 2.12. The first-order valence-corrected chi connectivity index (χ1v) is 6.77. The Bertz CT molecular complexity index is 652. The van der Waals surface area contributed by atoms with Crippen molar-refractivity contribution >= 4 is 29.2 Å². The Morgan fingerprint density at radius 2 is 1.91 bits per heavy atom. The third kappa shape index (κ3) is 4.74. The van der Waals surface area contributed by atoms with E-state index in [0.717, 1.165) is 0 Å². The minimum absolute atomic E-state index is 0.182. The van der Waals surface area contributed by atoms with Crippen LogP contribution in [0.2, 0.25) is 0 Å². The summed E-state index contributed by atoms with van der Waals surface area (Å²) in [7, 11) is 0. The van der Waals surface area contributed by atoms with Crippen LogP contribution >= 0.6 is 12.2 Å². The van der Waals surface area contributed by atoms with Crippen molar-refractivity contribution in [2.24, 2.45) is 0 Å². The third-order valence-electron chi connectivity index (χ3n) is 2.75. The van der Waals surface area contributed by atoms with E-state index < -0.39 is 17.8 Å². The number of rotatable bonds is 5. The summed E-state index contributed by atoms with van der Waals surface area (Å²) in [4.78, 5) is 18.9. The molecule has 114 valence electrons. The van der Waals surface area contributed by atoms with Crippen molar-refractivity contribution in [1.29, 1.82) is 0 Å². The maximum Gasteiger partial charge on any atom is 0.305 e. The number of carboxylic acids is 1. The maximum absolute atomic E-state index is 13.0. The average Bonchev–Trinajstić information content (AvgIpc) is 2.48. The molecule has 0 spiro atoms. The van der Waals surface area contributed by atoms with Gasteiger partial charge in [-0.25, -0.2) is 14.4 Å². The Hall–Kier alpha value is -2.61. The van der Waals surface area contributed by atoms with Gasteiger partial charge in [0, 0.05) is 12.4 Å². The summed E-state index contributed by atoms with van der Waals surface area (Å²) in [6.45, 7) is 0. The number of carbonyl (C=O) groups is 1. The Balaban J connectivity index is 2.07. The molecule has 0 amide bonds. The van der Waals surface area contributed by atoms with Crippen molar-refractivity contribution in [2.75, 3.05) is 5.32 Å². The molecule has 0 aliphatic carbocycles. The van der Waals surface area contributed by atoms with E-state index in [1.54, 1.807) is 18.5 Å². The molecule has 0 aliphatic rings. The number of hydrogen-bond donors (Lipinski definition) is 3. The molecule has 1 aromatic carbocycles. The second-order valence-electron chi connectivity index (χ2n) is 4.37. The van der Waals surface area contributed by atoms with Crippen LogP contribution in [0.5, 0.6) is 0 Å². The fourth-order valence-corrected chi connectivity index (χ4v) is 2.01. The van der Waals surface area contributed by atoms with E-state index >= 15 is 0 Å². The largest absolute Gasteiger partial charge is 0.481 e. The summed E-state index contributed by atoms with van der Waals surface area (Å²) in [6, 6.07) is 6.62. The van der Waals surface area contributed by atoms with Crippen LogP contribution in [0.25, 0.3) is 0 Å². The van der Waals surface area contributed by atoms with E-state index in [0.29, 0.717) is 11.5 Å². The average molecular weight is 320 g/mol. The number of aromatic nitrogens is 2. The molecule has 0 saturated heterocycles. The van der Waals surface area contributed by atoms with Crippen LogP contribution in [0.1, 0.15) is 18.0 Å². The van der Waals surface area contributed by atoms with Crippen LogP contribution in [0, 0.1) is 5.82 Å². The maximum atomic E-state index is 13.0. The molecule has 0 fully saturated rings. The summed E-state index contributed by atoms with van der Waals surface area (Å²) in [6.07, 6.45) is 2.89. The zero-order valence-electron chi connectivity index (χ0n) is 11.4. The van der Waals surface area contributed by atoms with Gasteiger partial charge in [0.15, 0.2) is 5.11 Å². The smallest absolute Gasteiger partial charge is 0.305 e. The monoisotopic (exact) mass is 320 g/mol. The van der Waals surface area contributed by atoms with Crippen LogP contribution in [0.3, 0.4) is 0 Å². The molecule has 0 saturated carbocycles. The number of carboxylic acid groups (broad SMARTS) is 1. The van der Waals surface area contributed by atoms with Crippen molar-refractivity contribution < 1.29 is 14.3 Å². The highest BCUT2D eigenvalue weighted by molar-refractivity contribution is 7.80. The van der Waals surface area contributed by atoms with Gasteiger partial charge in [-0.05, 0) is 36.0 Å². The second-order valence-corrected chi connectivity index (χ2v) is 4.78. The van der Waals surface area contributed by atoms with E-state index in [-0.39, 0.29) is 11.5 Å². The molecule has 0 bridgehead atoms. The first-order chi connectivity index (χ1) is 10.5. The molecule has 3 N–H and O–H groups in total. The summed E-state index contributed by atoms with van der Waals surface area (Å²) >= 11 is 5.12. The van der Waals surface area contributed by atoms with Crippen molar-refractivity contribution in [3.63, 3.8) is 0 Å². The SMILES string of the molecule is O=C(O)C[C@H](NC(=S)Nc1ncccn1)c1ccc(F)cc1. The third-order valence-corrected chi connectivity index (χ3v) is 2.97. The molecular formula is C14H13FN4O2S. The lowest BCUT2D eigenvalue weighted by molar-refractivity contribution is -0.137. The summed E-state index contributed by atoms with van der Waals surface area (Å²) in [5.41, 5.74) is 0.613. The topological polar surface area (TPSA) is 87.1 Å². The Morgan fingerprint density at radius 1 is 1.27 bits per heavy atom. The predicted molar refractivity (Wildman–Crippen MR) is 82.8 cm³/mol. The van der Waals surface area contributed by atoms with Gasteiger partial charge in [0.2, 0.25) is 5.95 Å². The van der Waals surface area contributed by atoms with Crippen LogP contribution in [-0.2, 0) is 4.79 Å². The van der Waals surface area contributed by atoms with Gasteiger partial charge in [-0.15, -0.1) is 0 Å². The lowest BCUT2D eigenvalue weighted by Gasteiger charge is -2.19. The van der Waals surface area contributed by atoms with E-state index in [2.05, 4.69) is 20.6 Å². The first kappa shape index (κ1) is 15.8. The zero-order chi connectivity index (χ0) is 15.9. The van der Waals surface area contributed by atoms with Gasteiger partial charge >= 0.3 is 5.97 Å². The summed E-state index contributed by atoms with van der Waals surface area (Å²) in [5, 5.41) is 14.8. The minimum Gasteiger partial charge on any atom is -0.481 e. The van der Waals surface area contributed by atoms with Gasteiger partial charge in [0.05, 0.1) is 12.5 Å². The van der Waals surface area contributed by atoms with Gasteiger partial charge < -0.3 is 15.7 Å². The lowest BCUT2D eigenvalue weighted by atomic mass is 10.0. The summed E-state index contributed by atoms with van der Waals surface area (Å²) in [5.74, 6) is -1.09. The summed E-state index contributed by atoms with van der Waals surface area (Å²) < 4.78 is 13.0. The normalized spacial score (nSPS) is 11.5. The Kier molecular flexibility index (Phi) is 5.31. The van der Waals surface area contributed by atoms with Crippen LogP contribution in [0.4, 0.5) is 10.3 Å². The first-order valence-electron chi connectivity index (χ1n) is 6.36. The zero-order valence-corrected chi connectivity index (χ0v) is 12.2. The van der Waals surface area contributed by atoms with Crippen LogP contribution in [-0.4, -0.2) is 26.2 Å². The van der Waals surface area contributed by atoms with Gasteiger partial charge in [-0.2, -0.15) is 0 Å². The molecule has 0 unspecified atom stereocenters. The van der Waals surface area contributed by atoms with E-state index in [1.165, 1.54) is 24.3 Å². The van der Waals surface area contributed by atoms with E-state index in [4.69, 9.17) is 17.3 Å². The van der Waals surface area contributed by atoms with Crippen LogP contribution in [0.15, 0.2) is 42.7 Å². The molecule has 8 heteroatoms. The quantitative estimate of drug-likeness (QED) is 0.727. The second kappa shape index (κ2) is 7.41. The van der Waals surface area contributed by atoms with Crippen molar-refractivity contribution in [3.8, 4) is 0 Å². The highest BCUT2D eigenvalue weighted by atomic mass is 32.1. The van der Waals surface area contributed by atoms with Gasteiger partial charge in [-0.1, -0.05) is 12.1 Å². The molecule has 0 radical (unpaired) electrons. The highest BCUT2D eigenvalue weighted by Gasteiger charge is 2.17. The molecule has 6 nitrogen and oxygen atoms in total. The standard InChI is InChI=1S/C14H13FN4O2S/c15-10-4-2-9(3-5-10)11(8-12(20)21)18-14(22)19-13-16-6-1-7-17-13/h1-7,11H,8H2,(H,20,21)(H2,16,17,18,19,22)/t11-/m0/s1. The number of nitrogens with zero attached hydrogens (tertiary/aromatic N) is 2. The minimum atomic E-state index is -0.999. The number of aliphatic carboxylic acids is 1. The molecule has 1 atom stereocenters. The number of hydrogen-bond acceptors (Lipinski definition) is 4. The molecule has 2 rings (SSSR count). The lowest BCUT2D eigenvalue weighted by Crippen LogP contribution is -2.34.